The first-order chi connectivity index (χ1) is 32.0. The van der Waals surface area contributed by atoms with Gasteiger partial charge in [0.25, 0.3) is 0 Å². The molecule has 2 aliphatic heterocycles. The summed E-state index contributed by atoms with van der Waals surface area (Å²) in [5.41, 5.74) is 11.4. The van der Waals surface area contributed by atoms with Gasteiger partial charge in [-0.05, 0) is 158 Å². The minimum Gasteiger partial charge on any atom is -0.422 e. The van der Waals surface area contributed by atoms with Crippen molar-refractivity contribution < 1.29 is 47.7 Å². The Morgan fingerprint density at radius 3 is 1.23 bits per heavy atom. The predicted molar refractivity (Wildman–Crippen MR) is 246 cm³/mol. The number of allylic oxidation sites excluding steroid dienone is 4. The lowest BCUT2D eigenvalue weighted by atomic mass is 9.69. The van der Waals surface area contributed by atoms with Gasteiger partial charge in [-0.3, -0.25) is 0 Å². The summed E-state index contributed by atoms with van der Waals surface area (Å²) in [4.78, 5) is 75.1. The van der Waals surface area contributed by atoms with Crippen molar-refractivity contribution in [3.05, 3.63) is 189 Å². The number of carbonyl (C=O) groups excluding carboxylic acids is 6. The number of fused-ring (bicyclic) bond motifs is 2. The van der Waals surface area contributed by atoms with Crippen LogP contribution < -0.4 is 9.47 Å². The Morgan fingerprint density at radius 2 is 0.833 bits per heavy atom. The maximum absolute atomic E-state index is 13.4. The molecule has 326 valence electrons. The number of benzene rings is 6. The van der Waals surface area contributed by atoms with Gasteiger partial charge in [-0.25, -0.2) is 28.8 Å². The number of esters is 6. The van der Waals surface area contributed by atoms with Crippen LogP contribution in [0.15, 0.2) is 145 Å². The zero-order valence-electron chi connectivity index (χ0n) is 36.2. The predicted octanol–water partition coefficient (Wildman–Crippen LogP) is 11.9. The first kappa shape index (κ1) is 42.0. The minimum absolute atomic E-state index is 0.0443. The number of cyclic esters (lactones) is 4. The fourth-order valence-electron chi connectivity index (χ4n) is 9.95. The highest BCUT2D eigenvalue weighted by Gasteiger charge is 2.34. The molecule has 2 aliphatic carbocycles. The van der Waals surface area contributed by atoms with Crippen molar-refractivity contribution in [1.29, 1.82) is 0 Å². The molecule has 10 rings (SSSR count). The standard InChI is InChI=1S/C56H42O10/c1-31-25-35(13-19-41(31)37-17-23-49(45(27-37)33-9-5-3-6-10-33)63-51(57)39-15-21-43-47(29-39)55(61)65-53(43)59)36-14-20-42(32(2)26-36)38-18-24-50(46(28-38)34-11-7-4-8-12-34)64-52(58)40-16-22-44-48(30-40)56(62)66-54(44)60/h3-12,15-18,21-24,27-30,35-36H,13-14,19-20,25-26H2,1-2H3. The summed E-state index contributed by atoms with van der Waals surface area (Å²) < 4.78 is 21.3. The molecule has 0 N–H and O–H groups in total. The van der Waals surface area contributed by atoms with E-state index in [1.54, 1.807) is 0 Å². The Hall–Kier alpha value is -7.98. The van der Waals surface area contributed by atoms with Gasteiger partial charge in [-0.15, -0.1) is 0 Å². The quantitative estimate of drug-likeness (QED) is 0.0783. The number of hydrogen-bond acceptors (Lipinski definition) is 10. The first-order valence-corrected chi connectivity index (χ1v) is 22.0. The summed E-state index contributed by atoms with van der Waals surface area (Å²) >= 11 is 0. The summed E-state index contributed by atoms with van der Waals surface area (Å²) in [6.07, 6.45) is 5.94. The van der Waals surface area contributed by atoms with Crippen LogP contribution in [0.3, 0.4) is 0 Å². The fraction of sp³-hybridized carbons (Fsp3) is 0.179. The normalized spacial score (nSPS) is 17.8. The van der Waals surface area contributed by atoms with Crippen LogP contribution in [0.25, 0.3) is 33.4 Å². The second kappa shape index (κ2) is 17.2. The van der Waals surface area contributed by atoms with Gasteiger partial charge in [0.05, 0.1) is 33.4 Å². The molecule has 2 atom stereocenters. The second-order valence-electron chi connectivity index (χ2n) is 17.3. The number of hydrogen-bond donors (Lipinski definition) is 0. The third kappa shape index (κ3) is 7.95. The highest BCUT2D eigenvalue weighted by Crippen LogP contribution is 2.47. The first-order valence-electron chi connectivity index (χ1n) is 22.0. The third-order valence-corrected chi connectivity index (χ3v) is 13.4. The summed E-state index contributed by atoms with van der Waals surface area (Å²) in [5.74, 6) is -2.50. The lowest BCUT2D eigenvalue weighted by molar-refractivity contribution is 0.0425. The molecule has 0 amide bonds. The van der Waals surface area contributed by atoms with E-state index in [2.05, 4.69) is 26.0 Å². The van der Waals surface area contributed by atoms with Crippen molar-refractivity contribution in [2.45, 2.75) is 52.4 Å². The lowest BCUT2D eigenvalue weighted by Gasteiger charge is -2.36. The van der Waals surface area contributed by atoms with Crippen LogP contribution in [-0.4, -0.2) is 35.8 Å². The van der Waals surface area contributed by atoms with E-state index in [1.807, 2.05) is 84.9 Å². The zero-order valence-corrected chi connectivity index (χ0v) is 36.2. The van der Waals surface area contributed by atoms with Crippen LogP contribution in [-0.2, 0) is 9.47 Å². The summed E-state index contributed by atoms with van der Waals surface area (Å²) in [5, 5.41) is 0. The SMILES string of the molecule is CC1=C(c2ccc(OC(=O)c3ccc4c(c3)C(=O)OC4=O)c(-c3ccccc3)c2)CCC(C2CCC(c3ccc(OC(=O)c4ccc5c(c4)C(=O)OC5=O)c(-c4ccccc4)c3)=C(C)C2)C1. The summed E-state index contributed by atoms with van der Waals surface area (Å²) in [6.45, 7) is 4.47. The van der Waals surface area contributed by atoms with Crippen LogP contribution in [0.5, 0.6) is 11.5 Å². The molecular weight excluding hydrogens is 833 g/mol. The van der Waals surface area contributed by atoms with Crippen molar-refractivity contribution in [3.8, 4) is 33.8 Å². The summed E-state index contributed by atoms with van der Waals surface area (Å²) in [7, 11) is 0. The maximum Gasteiger partial charge on any atom is 0.346 e. The lowest BCUT2D eigenvalue weighted by Crippen LogP contribution is -2.22. The van der Waals surface area contributed by atoms with E-state index in [1.165, 1.54) is 58.7 Å². The van der Waals surface area contributed by atoms with Crippen LogP contribution in [0, 0.1) is 11.8 Å². The smallest absolute Gasteiger partial charge is 0.346 e. The zero-order chi connectivity index (χ0) is 45.6. The molecule has 10 nitrogen and oxygen atoms in total. The Kier molecular flexibility index (Phi) is 10.9. The Bertz CT molecular complexity index is 2910. The van der Waals surface area contributed by atoms with Gasteiger partial charge >= 0.3 is 35.8 Å². The van der Waals surface area contributed by atoms with E-state index >= 15 is 0 Å². The van der Waals surface area contributed by atoms with Crippen LogP contribution >= 0.6 is 0 Å². The molecule has 0 saturated heterocycles. The van der Waals surface area contributed by atoms with Crippen molar-refractivity contribution in [1.82, 2.24) is 0 Å². The second-order valence-corrected chi connectivity index (χ2v) is 17.3. The average Bonchev–Trinajstić information content (AvgIpc) is 3.79. The van der Waals surface area contributed by atoms with E-state index in [0.717, 1.165) is 71.9 Å². The van der Waals surface area contributed by atoms with E-state index < -0.39 is 35.8 Å². The molecule has 2 heterocycles. The molecule has 0 bridgehead atoms. The van der Waals surface area contributed by atoms with Crippen LogP contribution in [0.1, 0.15) is 126 Å². The Balaban J connectivity index is 0.859. The average molecular weight is 875 g/mol. The third-order valence-electron chi connectivity index (χ3n) is 13.4. The molecule has 0 aromatic heterocycles. The van der Waals surface area contributed by atoms with Crippen LogP contribution in [0.4, 0.5) is 0 Å². The molecule has 66 heavy (non-hydrogen) atoms. The van der Waals surface area contributed by atoms with E-state index in [0.29, 0.717) is 23.3 Å². The molecule has 2 unspecified atom stereocenters. The van der Waals surface area contributed by atoms with Gasteiger partial charge in [-0.1, -0.05) is 83.9 Å². The Labute approximate surface area is 380 Å². The highest BCUT2D eigenvalue weighted by molar-refractivity contribution is 6.16. The van der Waals surface area contributed by atoms with Crippen molar-refractivity contribution >= 4 is 47.0 Å². The van der Waals surface area contributed by atoms with Crippen molar-refractivity contribution in [2.24, 2.45) is 11.8 Å². The molecule has 10 heteroatoms. The molecule has 0 radical (unpaired) electrons. The fourth-order valence-corrected chi connectivity index (χ4v) is 9.95. The minimum atomic E-state index is -0.785. The van der Waals surface area contributed by atoms with Crippen molar-refractivity contribution in [2.75, 3.05) is 0 Å². The highest BCUT2D eigenvalue weighted by atomic mass is 16.6. The van der Waals surface area contributed by atoms with Gasteiger partial charge in [0.1, 0.15) is 11.5 Å². The summed E-state index contributed by atoms with van der Waals surface area (Å²) in [6, 6.07) is 39.9. The van der Waals surface area contributed by atoms with Gasteiger partial charge in [0, 0.05) is 11.1 Å². The van der Waals surface area contributed by atoms with E-state index in [4.69, 9.17) is 18.9 Å². The number of ether oxygens (including phenoxy) is 4. The van der Waals surface area contributed by atoms with Gasteiger partial charge in [-0.2, -0.15) is 0 Å². The van der Waals surface area contributed by atoms with E-state index in [-0.39, 0.29) is 33.4 Å². The van der Waals surface area contributed by atoms with Gasteiger partial charge in [0.15, 0.2) is 0 Å². The van der Waals surface area contributed by atoms with Gasteiger partial charge < -0.3 is 18.9 Å². The molecule has 0 saturated carbocycles. The molecule has 6 aromatic carbocycles. The largest absolute Gasteiger partial charge is 0.422 e. The number of carbonyl (C=O) groups is 6. The molecular formula is C56H42O10. The van der Waals surface area contributed by atoms with Crippen LogP contribution in [0.2, 0.25) is 0 Å². The molecule has 6 aromatic rings. The maximum atomic E-state index is 13.4. The molecule has 4 aliphatic rings. The van der Waals surface area contributed by atoms with E-state index in [9.17, 15) is 28.8 Å². The number of rotatable bonds is 9. The van der Waals surface area contributed by atoms with Crippen molar-refractivity contribution in [3.63, 3.8) is 0 Å². The monoisotopic (exact) mass is 874 g/mol. The van der Waals surface area contributed by atoms with Gasteiger partial charge in [0.2, 0.25) is 0 Å². The topological polar surface area (TPSA) is 139 Å². The molecule has 0 fully saturated rings. The Morgan fingerprint density at radius 1 is 0.439 bits per heavy atom. The molecule has 0 spiro atoms.